The minimum Gasteiger partial charge on any atom is -0.376 e. The van der Waals surface area contributed by atoms with Crippen LogP contribution in [0, 0.1) is 33.3 Å². The summed E-state index contributed by atoms with van der Waals surface area (Å²) in [6.45, 7) is 2.14. The smallest absolute Gasteiger partial charge is 0.293 e. The van der Waals surface area contributed by atoms with Crippen molar-refractivity contribution in [1.29, 1.82) is 0 Å². The van der Waals surface area contributed by atoms with Gasteiger partial charge in [0.15, 0.2) is 9.84 Å². The predicted molar refractivity (Wildman–Crippen MR) is 99.9 cm³/mol. The number of sulfone groups is 1. The minimum atomic E-state index is -3.47. The van der Waals surface area contributed by atoms with Gasteiger partial charge in [0.1, 0.15) is 5.69 Å². The van der Waals surface area contributed by atoms with Crippen molar-refractivity contribution in [3.05, 3.63) is 28.3 Å². The minimum absolute atomic E-state index is 0.0165. The van der Waals surface area contributed by atoms with E-state index in [0.29, 0.717) is 5.69 Å². The summed E-state index contributed by atoms with van der Waals surface area (Å²) in [5, 5.41) is 14.9. The van der Waals surface area contributed by atoms with Crippen molar-refractivity contribution in [3.63, 3.8) is 0 Å². The van der Waals surface area contributed by atoms with Crippen molar-refractivity contribution in [2.24, 2.45) is 23.2 Å². The molecule has 0 amide bonds. The number of rotatable bonds is 5. The normalized spacial score (nSPS) is 33.8. The molecule has 0 heterocycles. The first-order valence-electron chi connectivity index (χ1n) is 9.41. The Morgan fingerprint density at radius 3 is 2.15 bits per heavy atom. The summed E-state index contributed by atoms with van der Waals surface area (Å²) >= 11 is 0. The van der Waals surface area contributed by atoms with Crippen molar-refractivity contribution >= 4 is 21.2 Å². The Kier molecular flexibility index (Phi) is 4.06. The average molecular weight is 378 g/mol. The molecule has 0 spiro atoms. The lowest BCUT2D eigenvalue weighted by Crippen LogP contribution is -2.52. The van der Waals surface area contributed by atoms with E-state index in [-0.39, 0.29) is 22.0 Å². The summed E-state index contributed by atoms with van der Waals surface area (Å²) < 4.78 is 23.5. The van der Waals surface area contributed by atoms with Gasteiger partial charge in [-0.15, -0.1) is 0 Å². The molecule has 4 aliphatic rings. The van der Waals surface area contributed by atoms with E-state index in [4.69, 9.17) is 0 Å². The van der Waals surface area contributed by atoms with Crippen molar-refractivity contribution in [3.8, 4) is 0 Å². The van der Waals surface area contributed by atoms with Crippen molar-refractivity contribution < 1.29 is 13.3 Å². The van der Waals surface area contributed by atoms with Crippen LogP contribution in [0.5, 0.6) is 0 Å². The number of nitro benzene ring substituents is 1. The third-order valence-electron chi connectivity index (χ3n) is 6.97. The van der Waals surface area contributed by atoms with E-state index < -0.39 is 14.8 Å². The molecule has 6 nitrogen and oxygen atoms in total. The SMILES string of the molecule is CC(Nc1ccc(S(C)(=O)=O)cc1[N+](=O)[O-])C12CC3CC(CC(C3)C1)C2. The maximum atomic E-state index is 11.7. The van der Waals surface area contributed by atoms with Crippen LogP contribution in [0.25, 0.3) is 0 Å². The molecule has 0 aliphatic heterocycles. The van der Waals surface area contributed by atoms with E-state index in [1.807, 2.05) is 0 Å². The Morgan fingerprint density at radius 1 is 1.15 bits per heavy atom. The Hall–Kier alpha value is -1.63. The van der Waals surface area contributed by atoms with Crippen LogP contribution in [0.1, 0.15) is 45.4 Å². The molecule has 4 aliphatic carbocycles. The monoisotopic (exact) mass is 378 g/mol. The zero-order valence-corrected chi connectivity index (χ0v) is 16.1. The van der Waals surface area contributed by atoms with Crippen molar-refractivity contribution in [2.75, 3.05) is 11.6 Å². The van der Waals surface area contributed by atoms with Gasteiger partial charge >= 0.3 is 0 Å². The average Bonchev–Trinajstić information content (AvgIpc) is 2.52. The second kappa shape index (κ2) is 5.94. The molecule has 1 aromatic rings. The molecule has 7 heteroatoms. The number of anilines is 1. The first-order valence-corrected chi connectivity index (χ1v) is 11.3. The van der Waals surface area contributed by atoms with E-state index >= 15 is 0 Å². The third kappa shape index (κ3) is 3.00. The van der Waals surface area contributed by atoms with Crippen LogP contribution >= 0.6 is 0 Å². The Morgan fingerprint density at radius 2 is 1.69 bits per heavy atom. The van der Waals surface area contributed by atoms with Gasteiger partial charge in [-0.25, -0.2) is 8.42 Å². The van der Waals surface area contributed by atoms with Gasteiger partial charge in [0.25, 0.3) is 5.69 Å². The fraction of sp³-hybridized carbons (Fsp3) is 0.684. The topological polar surface area (TPSA) is 89.3 Å². The molecule has 4 bridgehead atoms. The summed E-state index contributed by atoms with van der Waals surface area (Å²) in [4.78, 5) is 11.0. The number of benzene rings is 1. The zero-order valence-electron chi connectivity index (χ0n) is 15.3. The van der Waals surface area contributed by atoms with Gasteiger partial charge < -0.3 is 5.32 Å². The predicted octanol–water partition coefficient (Wildman–Crippen LogP) is 4.02. The number of nitro groups is 1. The molecule has 0 saturated heterocycles. The van der Waals surface area contributed by atoms with Crippen LogP contribution in [0.4, 0.5) is 11.4 Å². The van der Waals surface area contributed by atoms with Gasteiger partial charge in [-0.2, -0.15) is 0 Å². The summed E-state index contributed by atoms with van der Waals surface area (Å²) in [6, 6.07) is 4.31. The van der Waals surface area contributed by atoms with Crippen molar-refractivity contribution in [2.45, 2.75) is 56.4 Å². The molecule has 1 unspecified atom stereocenters. The summed E-state index contributed by atoms with van der Waals surface area (Å²) in [7, 11) is -3.47. The third-order valence-corrected chi connectivity index (χ3v) is 8.08. The number of hydrogen-bond donors (Lipinski definition) is 1. The molecular weight excluding hydrogens is 352 g/mol. The standard InChI is InChI=1S/C19H26N2O4S/c1-12(19-9-13-5-14(10-19)7-15(6-13)11-19)20-17-4-3-16(26(2,24)25)8-18(17)21(22)23/h3-4,8,12-15,20H,5-7,9-11H2,1-2H3. The van der Waals surface area contributed by atoms with Crippen LogP contribution in [0.2, 0.25) is 0 Å². The quantitative estimate of drug-likeness (QED) is 0.617. The van der Waals surface area contributed by atoms with Gasteiger partial charge in [0.2, 0.25) is 0 Å². The molecule has 5 rings (SSSR count). The number of hydrogen-bond acceptors (Lipinski definition) is 5. The lowest BCUT2D eigenvalue weighted by Gasteiger charge is -2.59. The lowest BCUT2D eigenvalue weighted by molar-refractivity contribution is -0.384. The zero-order chi connectivity index (χ0) is 18.7. The molecule has 142 valence electrons. The highest BCUT2D eigenvalue weighted by Crippen LogP contribution is 2.61. The van der Waals surface area contributed by atoms with E-state index in [0.717, 1.165) is 24.0 Å². The Labute approximate surface area is 154 Å². The van der Waals surface area contributed by atoms with Gasteiger partial charge in [0, 0.05) is 18.4 Å². The molecule has 4 saturated carbocycles. The van der Waals surface area contributed by atoms with Crippen LogP contribution in [-0.4, -0.2) is 25.6 Å². The highest BCUT2D eigenvalue weighted by Gasteiger charge is 2.53. The maximum absolute atomic E-state index is 11.7. The molecular formula is C19H26N2O4S. The number of nitrogens with zero attached hydrogens (tertiary/aromatic N) is 1. The highest BCUT2D eigenvalue weighted by molar-refractivity contribution is 7.90. The first-order chi connectivity index (χ1) is 12.2. The second-order valence-electron chi connectivity index (χ2n) is 8.85. The van der Waals surface area contributed by atoms with Crippen molar-refractivity contribution in [1.82, 2.24) is 0 Å². The summed E-state index contributed by atoms with van der Waals surface area (Å²) in [6.07, 6.45) is 8.77. The first kappa shape index (κ1) is 17.8. The van der Waals surface area contributed by atoms with E-state index in [9.17, 15) is 18.5 Å². The second-order valence-corrected chi connectivity index (χ2v) is 10.9. The Balaban J connectivity index is 1.62. The summed E-state index contributed by atoms with van der Waals surface area (Å²) in [5.41, 5.74) is 0.480. The van der Waals surface area contributed by atoms with Crippen LogP contribution in [0.3, 0.4) is 0 Å². The van der Waals surface area contributed by atoms with Crippen LogP contribution < -0.4 is 5.32 Å². The molecule has 1 atom stereocenters. The molecule has 4 fully saturated rings. The van der Waals surface area contributed by atoms with E-state index in [1.165, 1.54) is 50.7 Å². The lowest BCUT2D eigenvalue weighted by atomic mass is 9.48. The van der Waals surface area contributed by atoms with E-state index in [1.54, 1.807) is 6.07 Å². The number of nitrogens with one attached hydrogen (secondary N) is 1. The molecule has 1 aromatic carbocycles. The van der Waals surface area contributed by atoms with Gasteiger partial charge in [-0.3, -0.25) is 10.1 Å². The fourth-order valence-electron chi connectivity index (χ4n) is 6.11. The fourth-order valence-corrected chi connectivity index (χ4v) is 6.75. The van der Waals surface area contributed by atoms with Gasteiger partial charge in [-0.1, -0.05) is 0 Å². The van der Waals surface area contributed by atoms with Crippen LogP contribution in [-0.2, 0) is 9.84 Å². The van der Waals surface area contributed by atoms with Gasteiger partial charge in [0.05, 0.1) is 9.82 Å². The van der Waals surface area contributed by atoms with Crippen LogP contribution in [0.15, 0.2) is 23.1 Å². The molecule has 0 radical (unpaired) electrons. The highest BCUT2D eigenvalue weighted by atomic mass is 32.2. The molecule has 26 heavy (non-hydrogen) atoms. The largest absolute Gasteiger partial charge is 0.376 e. The molecule has 1 N–H and O–H groups in total. The maximum Gasteiger partial charge on any atom is 0.293 e. The Bertz CT molecular complexity index is 814. The van der Waals surface area contributed by atoms with Gasteiger partial charge in [-0.05, 0) is 80.8 Å². The summed E-state index contributed by atoms with van der Waals surface area (Å²) in [5.74, 6) is 2.44. The molecule has 0 aromatic heterocycles. The van der Waals surface area contributed by atoms with E-state index in [2.05, 4.69) is 12.2 Å².